The molecule has 1 amide bonds. The van der Waals surface area contributed by atoms with E-state index in [-0.39, 0.29) is 11.6 Å². The van der Waals surface area contributed by atoms with Gasteiger partial charge in [0.25, 0.3) is 11.6 Å². The fourth-order valence-electron chi connectivity index (χ4n) is 3.11. The Morgan fingerprint density at radius 1 is 1.12 bits per heavy atom. The Balaban J connectivity index is 1.80. The molecule has 0 aliphatic carbocycles. The maximum Gasteiger partial charge on any atom is 0.273 e. The number of hydrogen-bond donors (Lipinski definition) is 0. The highest BCUT2D eigenvalue weighted by Gasteiger charge is 2.19. The second-order valence-corrected chi connectivity index (χ2v) is 6.33. The maximum absolute atomic E-state index is 12.7. The van der Waals surface area contributed by atoms with Gasteiger partial charge in [0.2, 0.25) is 0 Å². The molecule has 0 radical (unpaired) electrons. The summed E-state index contributed by atoms with van der Waals surface area (Å²) in [6.45, 7) is 3.80. The van der Waals surface area contributed by atoms with Crippen LogP contribution in [0, 0.1) is 17.0 Å². The second kappa shape index (κ2) is 6.93. The molecule has 25 heavy (non-hydrogen) atoms. The number of rotatable bonds is 4. The molecule has 1 fully saturated rings. The predicted molar refractivity (Wildman–Crippen MR) is 98.5 cm³/mol. The first-order valence-electron chi connectivity index (χ1n) is 8.35. The summed E-state index contributed by atoms with van der Waals surface area (Å²) in [6, 6.07) is 12.4. The highest BCUT2D eigenvalue weighted by atomic mass is 16.6. The Morgan fingerprint density at radius 3 is 2.36 bits per heavy atom. The Morgan fingerprint density at radius 2 is 1.76 bits per heavy atom. The topological polar surface area (TPSA) is 66.7 Å². The van der Waals surface area contributed by atoms with Crippen LogP contribution in [0.4, 0.5) is 17.1 Å². The summed E-state index contributed by atoms with van der Waals surface area (Å²) in [7, 11) is 1.68. The van der Waals surface area contributed by atoms with Crippen LogP contribution >= 0.6 is 0 Å². The van der Waals surface area contributed by atoms with E-state index in [1.54, 1.807) is 26.1 Å². The van der Waals surface area contributed by atoms with Crippen molar-refractivity contribution in [1.29, 1.82) is 0 Å². The van der Waals surface area contributed by atoms with Crippen molar-refractivity contribution >= 4 is 23.0 Å². The van der Waals surface area contributed by atoms with Gasteiger partial charge in [-0.3, -0.25) is 14.9 Å². The maximum atomic E-state index is 12.7. The van der Waals surface area contributed by atoms with Gasteiger partial charge < -0.3 is 9.80 Å². The lowest BCUT2D eigenvalue weighted by Crippen LogP contribution is -2.26. The minimum Gasteiger partial charge on any atom is -0.372 e. The van der Waals surface area contributed by atoms with Crippen LogP contribution in [-0.4, -0.2) is 31.0 Å². The highest BCUT2D eigenvalue weighted by molar-refractivity contribution is 6.06. The fraction of sp³-hybridized carbons (Fsp3) is 0.316. The van der Waals surface area contributed by atoms with Crippen LogP contribution in [0.3, 0.4) is 0 Å². The molecule has 6 heteroatoms. The normalized spacial score (nSPS) is 13.8. The third-order valence-corrected chi connectivity index (χ3v) is 4.67. The highest BCUT2D eigenvalue weighted by Crippen LogP contribution is 2.25. The molecule has 0 aromatic heterocycles. The zero-order chi connectivity index (χ0) is 18.0. The molecular formula is C19H21N3O3. The largest absolute Gasteiger partial charge is 0.372 e. The number of carbonyl (C=O) groups excluding carboxylic acids is 1. The Hall–Kier alpha value is -2.89. The summed E-state index contributed by atoms with van der Waals surface area (Å²) in [5, 5.41) is 11.1. The Kier molecular flexibility index (Phi) is 4.70. The summed E-state index contributed by atoms with van der Waals surface area (Å²) in [5.41, 5.74) is 2.73. The first-order chi connectivity index (χ1) is 12.0. The molecule has 0 spiro atoms. The molecular weight excluding hydrogens is 318 g/mol. The van der Waals surface area contributed by atoms with Gasteiger partial charge in [0.05, 0.1) is 4.92 Å². The molecule has 0 N–H and O–H groups in total. The lowest BCUT2D eigenvalue weighted by atomic mass is 10.1. The van der Waals surface area contributed by atoms with Crippen molar-refractivity contribution in [1.82, 2.24) is 0 Å². The molecule has 0 unspecified atom stereocenters. The monoisotopic (exact) mass is 339 g/mol. The number of hydrogen-bond acceptors (Lipinski definition) is 4. The zero-order valence-corrected chi connectivity index (χ0v) is 14.4. The number of nitro benzene ring substituents is 1. The average molecular weight is 339 g/mol. The van der Waals surface area contributed by atoms with Gasteiger partial charge in [-0.05, 0) is 50.1 Å². The van der Waals surface area contributed by atoms with Crippen molar-refractivity contribution in [2.45, 2.75) is 19.8 Å². The van der Waals surface area contributed by atoms with Crippen LogP contribution in [0.25, 0.3) is 0 Å². The first-order valence-corrected chi connectivity index (χ1v) is 8.35. The average Bonchev–Trinajstić information content (AvgIpc) is 3.15. The van der Waals surface area contributed by atoms with Gasteiger partial charge >= 0.3 is 0 Å². The van der Waals surface area contributed by atoms with Gasteiger partial charge in [0.15, 0.2) is 0 Å². The predicted octanol–water partition coefficient (Wildman–Crippen LogP) is 3.78. The first kappa shape index (κ1) is 17.0. The van der Waals surface area contributed by atoms with Crippen LogP contribution < -0.4 is 9.80 Å². The summed E-state index contributed by atoms with van der Waals surface area (Å²) in [5.74, 6) is -0.267. The zero-order valence-electron chi connectivity index (χ0n) is 14.4. The quantitative estimate of drug-likeness (QED) is 0.628. The van der Waals surface area contributed by atoms with Crippen LogP contribution in [0.15, 0.2) is 42.5 Å². The third kappa shape index (κ3) is 3.47. The summed E-state index contributed by atoms with van der Waals surface area (Å²) >= 11 is 0. The number of amides is 1. The SMILES string of the molecule is Cc1ccc(C(=O)N(C)c2ccc(N3CCCC3)cc2)cc1[N+](=O)[O-]. The van der Waals surface area contributed by atoms with E-state index >= 15 is 0 Å². The minimum absolute atomic E-state index is 0.0383. The second-order valence-electron chi connectivity index (χ2n) is 6.33. The molecule has 130 valence electrons. The van der Waals surface area contributed by atoms with Gasteiger partial charge in [-0.15, -0.1) is 0 Å². The van der Waals surface area contributed by atoms with Gasteiger partial charge in [-0.2, -0.15) is 0 Å². The molecule has 1 aliphatic heterocycles. The van der Waals surface area contributed by atoms with Crippen molar-refractivity contribution in [3.05, 3.63) is 63.7 Å². The number of nitro groups is 1. The Labute approximate surface area is 146 Å². The molecule has 0 atom stereocenters. The van der Waals surface area contributed by atoms with Crippen LogP contribution in [0.5, 0.6) is 0 Å². The van der Waals surface area contributed by atoms with Gasteiger partial charge in [-0.25, -0.2) is 0 Å². The smallest absolute Gasteiger partial charge is 0.273 e. The molecule has 1 heterocycles. The fourth-order valence-corrected chi connectivity index (χ4v) is 3.11. The number of anilines is 2. The third-order valence-electron chi connectivity index (χ3n) is 4.67. The number of carbonyl (C=O) groups is 1. The van der Waals surface area contributed by atoms with Gasteiger partial charge in [-0.1, -0.05) is 6.07 Å². The van der Waals surface area contributed by atoms with Crippen molar-refractivity contribution in [2.24, 2.45) is 0 Å². The van der Waals surface area contributed by atoms with E-state index in [0.29, 0.717) is 11.1 Å². The van der Waals surface area contributed by atoms with Crippen LogP contribution in [-0.2, 0) is 0 Å². The summed E-state index contributed by atoms with van der Waals surface area (Å²) < 4.78 is 0. The summed E-state index contributed by atoms with van der Waals surface area (Å²) in [4.78, 5) is 27.1. The summed E-state index contributed by atoms with van der Waals surface area (Å²) in [6.07, 6.45) is 2.43. The molecule has 1 aliphatic rings. The van der Waals surface area contributed by atoms with Gasteiger partial charge in [0.1, 0.15) is 0 Å². The molecule has 6 nitrogen and oxygen atoms in total. The van der Waals surface area contributed by atoms with E-state index in [9.17, 15) is 14.9 Å². The standard InChI is InChI=1S/C19H21N3O3/c1-14-5-6-15(13-18(14)22(24)25)19(23)20(2)16-7-9-17(10-8-16)21-11-3-4-12-21/h5-10,13H,3-4,11-12H2,1-2H3. The number of benzene rings is 2. The minimum atomic E-state index is -0.461. The number of aryl methyl sites for hydroxylation is 1. The van der Waals surface area contributed by atoms with Crippen molar-refractivity contribution in [3.8, 4) is 0 Å². The van der Waals surface area contributed by atoms with Crippen molar-refractivity contribution in [3.63, 3.8) is 0 Å². The Bertz CT molecular complexity index is 796. The molecule has 0 saturated carbocycles. The lowest BCUT2D eigenvalue weighted by Gasteiger charge is -2.21. The van der Waals surface area contributed by atoms with Crippen molar-refractivity contribution in [2.75, 3.05) is 29.9 Å². The van der Waals surface area contributed by atoms with Crippen LogP contribution in [0.1, 0.15) is 28.8 Å². The van der Waals surface area contributed by atoms with E-state index in [1.807, 2.05) is 24.3 Å². The van der Waals surface area contributed by atoms with E-state index < -0.39 is 4.92 Å². The van der Waals surface area contributed by atoms with E-state index in [1.165, 1.54) is 23.8 Å². The van der Waals surface area contributed by atoms with E-state index in [2.05, 4.69) is 4.90 Å². The van der Waals surface area contributed by atoms with Gasteiger partial charge in [0, 0.05) is 48.7 Å². The van der Waals surface area contributed by atoms with E-state index in [4.69, 9.17) is 0 Å². The van der Waals surface area contributed by atoms with Crippen LogP contribution in [0.2, 0.25) is 0 Å². The molecule has 2 aromatic rings. The molecule has 2 aromatic carbocycles. The lowest BCUT2D eigenvalue weighted by molar-refractivity contribution is -0.385. The molecule has 1 saturated heterocycles. The molecule has 0 bridgehead atoms. The molecule has 3 rings (SSSR count). The number of nitrogens with zero attached hydrogens (tertiary/aromatic N) is 3. The van der Waals surface area contributed by atoms with E-state index in [0.717, 1.165) is 24.5 Å². The van der Waals surface area contributed by atoms with Crippen molar-refractivity contribution < 1.29 is 9.72 Å².